The highest BCUT2D eigenvalue weighted by atomic mass is 35.5. The Morgan fingerprint density at radius 2 is 1.93 bits per heavy atom. The van der Waals surface area contributed by atoms with Crippen LogP contribution in [0.4, 0.5) is 10.1 Å². The summed E-state index contributed by atoms with van der Waals surface area (Å²) in [4.78, 5) is 21.6. The minimum atomic E-state index is -0.302. The molecule has 1 atom stereocenters. The zero-order chi connectivity index (χ0) is 19.5. The van der Waals surface area contributed by atoms with Crippen LogP contribution in [0.3, 0.4) is 0 Å². The molecule has 2 bridgehead atoms. The van der Waals surface area contributed by atoms with E-state index in [1.165, 1.54) is 17.7 Å². The van der Waals surface area contributed by atoms with E-state index in [1.54, 1.807) is 12.1 Å². The second-order valence-corrected chi connectivity index (χ2v) is 9.34. The van der Waals surface area contributed by atoms with E-state index in [4.69, 9.17) is 11.6 Å². The lowest BCUT2D eigenvalue weighted by Gasteiger charge is -2.73. The van der Waals surface area contributed by atoms with E-state index in [0.717, 1.165) is 56.3 Å². The summed E-state index contributed by atoms with van der Waals surface area (Å²) < 4.78 is 13.0. The maximum atomic E-state index is 13.0. The van der Waals surface area contributed by atoms with Crippen molar-refractivity contribution in [2.45, 2.75) is 51.9 Å². The minimum absolute atomic E-state index is 0.0193. The summed E-state index contributed by atoms with van der Waals surface area (Å²) in [6, 6.07) is 5.93. The van der Waals surface area contributed by atoms with Gasteiger partial charge in [0.1, 0.15) is 5.82 Å². The summed E-state index contributed by atoms with van der Waals surface area (Å²) in [6.07, 6.45) is 7.33. The number of nitrogens with one attached hydrogen (secondary N) is 1. The molecule has 28 heavy (non-hydrogen) atoms. The summed E-state index contributed by atoms with van der Waals surface area (Å²) >= 11 is 6.14. The molecule has 1 unspecified atom stereocenters. The van der Waals surface area contributed by atoms with Gasteiger partial charge in [-0.1, -0.05) is 6.92 Å². The van der Waals surface area contributed by atoms with Crippen LogP contribution in [0.1, 0.15) is 49.6 Å². The number of carbonyl (C=O) groups excluding carboxylic acids is 1. The zero-order valence-corrected chi connectivity index (χ0v) is 16.7. The van der Waals surface area contributed by atoms with Gasteiger partial charge in [0.2, 0.25) is 11.2 Å². The van der Waals surface area contributed by atoms with Gasteiger partial charge in [-0.25, -0.2) is 14.4 Å². The fourth-order valence-corrected chi connectivity index (χ4v) is 5.98. The van der Waals surface area contributed by atoms with Crippen LogP contribution in [0.25, 0.3) is 0 Å². The molecule has 6 rings (SSSR count). The van der Waals surface area contributed by atoms with Gasteiger partial charge in [0.25, 0.3) is 0 Å². The second kappa shape index (κ2) is 6.24. The second-order valence-electron chi connectivity index (χ2n) is 9.01. The van der Waals surface area contributed by atoms with Crippen molar-refractivity contribution in [2.24, 2.45) is 16.7 Å². The molecule has 0 aliphatic heterocycles. The Hall–Kier alpha value is -2.01. The van der Waals surface area contributed by atoms with E-state index in [0.29, 0.717) is 11.0 Å². The molecule has 4 aliphatic rings. The van der Waals surface area contributed by atoms with Gasteiger partial charge >= 0.3 is 0 Å². The number of carbonyl (C=O) groups is 1. The first-order chi connectivity index (χ1) is 13.4. The summed E-state index contributed by atoms with van der Waals surface area (Å²) in [5, 5.41) is 3.29. The number of benzene rings is 1. The number of anilines is 1. The Morgan fingerprint density at radius 3 is 2.64 bits per heavy atom. The van der Waals surface area contributed by atoms with E-state index in [2.05, 4.69) is 15.3 Å². The highest BCUT2D eigenvalue weighted by molar-refractivity contribution is 6.28. The zero-order valence-electron chi connectivity index (χ0n) is 15.9. The molecule has 0 saturated heterocycles. The Morgan fingerprint density at radius 1 is 1.21 bits per heavy atom. The van der Waals surface area contributed by atoms with E-state index >= 15 is 0 Å². The molecule has 1 heterocycles. The molecule has 2 aromatic rings. The molecule has 0 spiro atoms. The number of hydrogen-bond donors (Lipinski definition) is 1. The number of aryl methyl sites for hydroxylation is 1. The molecule has 1 amide bonds. The van der Waals surface area contributed by atoms with Crippen LogP contribution in [-0.2, 0) is 24.1 Å². The number of amides is 1. The number of halogens is 2. The average molecular weight is 400 g/mol. The Bertz CT molecular complexity index is 939. The van der Waals surface area contributed by atoms with Crippen LogP contribution in [0.5, 0.6) is 0 Å². The third-order valence-electron chi connectivity index (χ3n) is 7.14. The van der Waals surface area contributed by atoms with Crippen LogP contribution in [0.15, 0.2) is 24.3 Å². The van der Waals surface area contributed by atoms with Crippen molar-refractivity contribution in [2.75, 3.05) is 5.32 Å². The van der Waals surface area contributed by atoms with E-state index in [-0.39, 0.29) is 28.5 Å². The molecule has 146 valence electrons. The van der Waals surface area contributed by atoms with Gasteiger partial charge in [0.15, 0.2) is 0 Å². The average Bonchev–Trinajstić information content (AvgIpc) is 3.06. The van der Waals surface area contributed by atoms with E-state index in [9.17, 15) is 9.18 Å². The van der Waals surface area contributed by atoms with Crippen LogP contribution in [0.2, 0.25) is 5.28 Å². The topological polar surface area (TPSA) is 54.9 Å². The lowest BCUT2D eigenvalue weighted by molar-refractivity contribution is -0.228. The van der Waals surface area contributed by atoms with Crippen molar-refractivity contribution in [1.82, 2.24) is 9.97 Å². The van der Waals surface area contributed by atoms with Crippen molar-refractivity contribution < 1.29 is 9.18 Å². The van der Waals surface area contributed by atoms with E-state index in [1.807, 2.05) is 6.92 Å². The van der Waals surface area contributed by atoms with Gasteiger partial charge in [-0.15, -0.1) is 0 Å². The first-order valence-corrected chi connectivity index (χ1v) is 10.4. The van der Waals surface area contributed by atoms with Gasteiger partial charge in [0, 0.05) is 23.0 Å². The van der Waals surface area contributed by atoms with Gasteiger partial charge in [0.05, 0.1) is 0 Å². The van der Waals surface area contributed by atoms with Crippen LogP contribution < -0.4 is 5.32 Å². The largest absolute Gasteiger partial charge is 0.326 e. The maximum absolute atomic E-state index is 13.0. The number of aromatic nitrogens is 2. The molecule has 6 heteroatoms. The van der Waals surface area contributed by atoms with Gasteiger partial charge in [-0.05, 0) is 97.2 Å². The number of nitrogens with zero attached hydrogens (tertiary/aromatic N) is 2. The lowest BCUT2D eigenvalue weighted by atomic mass is 9.31. The number of hydrogen-bond acceptors (Lipinski definition) is 3. The number of fused-ring (bicyclic) bond motifs is 1. The first-order valence-electron chi connectivity index (χ1n) is 9.99. The monoisotopic (exact) mass is 399 g/mol. The van der Waals surface area contributed by atoms with Crippen molar-refractivity contribution >= 4 is 23.2 Å². The third-order valence-corrected chi connectivity index (χ3v) is 7.31. The summed E-state index contributed by atoms with van der Waals surface area (Å²) in [5.41, 5.74) is 4.59. The standard InChI is InChI=1S/C22H23ClFN3O/c1-13(19(28)25-15-7-5-14(24)6-8-15)22-10-21(11-22,12-22)9-18-16-3-2-4-17(16)26-20(23)27-18/h5-8,13H,2-4,9-12H2,1H3,(H,25,28). The molecule has 4 nitrogen and oxygen atoms in total. The summed E-state index contributed by atoms with van der Waals surface area (Å²) in [7, 11) is 0. The van der Waals surface area contributed by atoms with E-state index < -0.39 is 0 Å². The summed E-state index contributed by atoms with van der Waals surface area (Å²) in [5.74, 6) is -0.339. The third kappa shape index (κ3) is 2.83. The SMILES string of the molecule is CC(C(=O)Nc1ccc(F)cc1)C12CC(Cc3nc(Cl)nc4c3CCC4)(C1)C2. The minimum Gasteiger partial charge on any atom is -0.326 e. The predicted octanol–water partition coefficient (Wildman–Crippen LogP) is 4.75. The van der Waals surface area contributed by atoms with Crippen molar-refractivity contribution in [3.05, 3.63) is 52.3 Å². The van der Waals surface area contributed by atoms with Crippen LogP contribution in [-0.4, -0.2) is 15.9 Å². The molecule has 3 fully saturated rings. The maximum Gasteiger partial charge on any atom is 0.227 e. The van der Waals surface area contributed by atoms with Crippen LogP contribution in [0, 0.1) is 22.6 Å². The molecular formula is C22H23ClFN3O. The molecule has 1 aromatic carbocycles. The van der Waals surface area contributed by atoms with Crippen LogP contribution >= 0.6 is 11.6 Å². The van der Waals surface area contributed by atoms with Gasteiger partial charge < -0.3 is 5.32 Å². The quantitative estimate of drug-likeness (QED) is 0.738. The molecular weight excluding hydrogens is 377 g/mol. The molecule has 1 aromatic heterocycles. The normalized spacial score (nSPS) is 28.1. The fourth-order valence-electron chi connectivity index (χ4n) is 5.77. The Labute approximate surface area is 168 Å². The lowest BCUT2D eigenvalue weighted by Crippen LogP contribution is -2.66. The number of rotatable bonds is 5. The van der Waals surface area contributed by atoms with Crippen molar-refractivity contribution in [3.8, 4) is 0 Å². The molecule has 1 N–H and O–H groups in total. The summed E-state index contributed by atoms with van der Waals surface area (Å²) in [6.45, 7) is 2.02. The first kappa shape index (κ1) is 18.0. The fraction of sp³-hybridized carbons (Fsp3) is 0.500. The van der Waals surface area contributed by atoms with Crippen molar-refractivity contribution in [3.63, 3.8) is 0 Å². The predicted molar refractivity (Wildman–Crippen MR) is 106 cm³/mol. The molecule has 0 radical (unpaired) electrons. The highest BCUT2D eigenvalue weighted by Gasteiger charge is 2.70. The molecule has 3 saturated carbocycles. The molecule has 4 aliphatic carbocycles. The Kier molecular flexibility index (Phi) is 4.02. The smallest absolute Gasteiger partial charge is 0.227 e. The van der Waals surface area contributed by atoms with Crippen molar-refractivity contribution in [1.29, 1.82) is 0 Å². The van der Waals surface area contributed by atoms with Gasteiger partial charge in [-0.2, -0.15) is 0 Å². The van der Waals surface area contributed by atoms with Gasteiger partial charge in [-0.3, -0.25) is 4.79 Å². The Balaban J connectivity index is 1.23. The highest BCUT2D eigenvalue weighted by Crippen LogP contribution is 2.77.